The summed E-state index contributed by atoms with van der Waals surface area (Å²) in [6.07, 6.45) is 0. The molecule has 1 aliphatic rings. The SMILES string of the molecule is c1cc(-c2ccc(-n3c4cc5ccccc5cc4c4c5ccccc5ccc43)cc2)cc(-c2ccc3c(c2)-c2cccc4cccc(c24)O3)c1. The average molecular weight is 636 g/mol. The van der Waals surface area contributed by atoms with E-state index in [0.717, 1.165) is 22.7 Å². The number of hydrogen-bond donors (Lipinski definition) is 0. The third kappa shape index (κ3) is 4.03. The number of nitrogens with zero attached hydrogens (tertiary/aromatic N) is 1. The maximum Gasteiger partial charge on any atom is 0.135 e. The van der Waals surface area contributed by atoms with Crippen LogP contribution in [0.4, 0.5) is 0 Å². The van der Waals surface area contributed by atoms with Crippen molar-refractivity contribution in [3.8, 4) is 50.6 Å². The Hall–Kier alpha value is -6.64. The molecule has 0 saturated carbocycles. The van der Waals surface area contributed by atoms with E-state index in [2.05, 4.69) is 180 Å². The van der Waals surface area contributed by atoms with Gasteiger partial charge in [-0.3, -0.25) is 0 Å². The number of hydrogen-bond acceptors (Lipinski definition) is 1. The Bertz CT molecular complexity index is 3000. The van der Waals surface area contributed by atoms with Gasteiger partial charge in [0.05, 0.1) is 11.0 Å². The lowest BCUT2D eigenvalue weighted by molar-refractivity contribution is 0.487. The van der Waals surface area contributed by atoms with Crippen molar-refractivity contribution in [3.63, 3.8) is 0 Å². The summed E-state index contributed by atoms with van der Waals surface area (Å²) in [6.45, 7) is 0. The van der Waals surface area contributed by atoms with Gasteiger partial charge in [0.2, 0.25) is 0 Å². The highest BCUT2D eigenvalue weighted by Gasteiger charge is 2.21. The van der Waals surface area contributed by atoms with Crippen molar-refractivity contribution in [2.24, 2.45) is 0 Å². The van der Waals surface area contributed by atoms with Gasteiger partial charge in [-0.05, 0) is 109 Å². The summed E-state index contributed by atoms with van der Waals surface area (Å²) in [4.78, 5) is 0. The molecule has 2 nitrogen and oxygen atoms in total. The van der Waals surface area contributed by atoms with Gasteiger partial charge < -0.3 is 9.30 Å². The maximum atomic E-state index is 6.37. The fourth-order valence-corrected chi connectivity index (χ4v) is 8.18. The molecule has 2 heteroatoms. The monoisotopic (exact) mass is 635 g/mol. The second-order valence-electron chi connectivity index (χ2n) is 13.3. The molecule has 50 heavy (non-hydrogen) atoms. The molecular weight excluding hydrogens is 607 g/mol. The van der Waals surface area contributed by atoms with Crippen molar-refractivity contribution in [1.29, 1.82) is 0 Å². The second kappa shape index (κ2) is 10.4. The minimum absolute atomic E-state index is 0.901. The number of ether oxygens (including phenoxy) is 1. The van der Waals surface area contributed by atoms with E-state index in [1.54, 1.807) is 0 Å². The van der Waals surface area contributed by atoms with E-state index in [9.17, 15) is 0 Å². The summed E-state index contributed by atoms with van der Waals surface area (Å²) in [5.74, 6) is 1.82. The summed E-state index contributed by atoms with van der Waals surface area (Å²) in [7, 11) is 0. The van der Waals surface area contributed by atoms with Crippen LogP contribution in [0, 0.1) is 0 Å². The van der Waals surface area contributed by atoms with E-state index in [0.29, 0.717) is 0 Å². The van der Waals surface area contributed by atoms with Gasteiger partial charge in [-0.2, -0.15) is 0 Å². The molecule has 0 radical (unpaired) electrons. The first-order chi connectivity index (χ1) is 24.8. The summed E-state index contributed by atoms with van der Waals surface area (Å²) in [5.41, 5.74) is 10.7. The predicted molar refractivity (Wildman–Crippen MR) is 210 cm³/mol. The van der Waals surface area contributed by atoms with Gasteiger partial charge in [-0.25, -0.2) is 0 Å². The Balaban J connectivity index is 1.01. The molecule has 0 bridgehead atoms. The Morgan fingerprint density at radius 3 is 1.88 bits per heavy atom. The Morgan fingerprint density at radius 1 is 0.340 bits per heavy atom. The lowest BCUT2D eigenvalue weighted by atomic mass is 9.91. The quantitative estimate of drug-likeness (QED) is 0.188. The first-order valence-corrected chi connectivity index (χ1v) is 17.2. The highest BCUT2D eigenvalue weighted by molar-refractivity contribution is 6.23. The van der Waals surface area contributed by atoms with Crippen molar-refractivity contribution in [2.45, 2.75) is 0 Å². The molecule has 0 amide bonds. The molecule has 11 rings (SSSR count). The van der Waals surface area contributed by atoms with Gasteiger partial charge in [0.1, 0.15) is 11.5 Å². The van der Waals surface area contributed by atoms with E-state index in [1.165, 1.54) is 81.9 Å². The Morgan fingerprint density at radius 2 is 1.02 bits per heavy atom. The molecule has 0 saturated heterocycles. The standard InChI is InChI=1S/C48H29NO/c1-2-10-36-29-44-42(28-35(36)9-1)48-39-15-4-3-8-31(39)20-24-43(48)49(44)38-22-18-30(19-23-38)33-13-5-14-34(26-33)37-21-25-45-41(27-37)40-16-6-11-32-12-7-17-46(50-45)47(32)40/h1-29H. The van der Waals surface area contributed by atoms with E-state index in [4.69, 9.17) is 4.74 Å². The second-order valence-corrected chi connectivity index (χ2v) is 13.3. The van der Waals surface area contributed by atoms with Crippen LogP contribution in [0.25, 0.3) is 93.2 Å². The summed E-state index contributed by atoms with van der Waals surface area (Å²) in [6, 6.07) is 63.9. The third-order valence-corrected chi connectivity index (χ3v) is 10.5. The molecule has 0 spiro atoms. The summed E-state index contributed by atoms with van der Waals surface area (Å²) >= 11 is 0. The van der Waals surface area contributed by atoms with E-state index in [1.807, 2.05) is 0 Å². The van der Waals surface area contributed by atoms with Crippen molar-refractivity contribution in [3.05, 3.63) is 176 Å². The van der Waals surface area contributed by atoms with Gasteiger partial charge in [0.15, 0.2) is 0 Å². The number of rotatable bonds is 3. The average Bonchev–Trinajstić information content (AvgIpc) is 3.50. The molecule has 232 valence electrons. The van der Waals surface area contributed by atoms with Gasteiger partial charge in [-0.15, -0.1) is 0 Å². The van der Waals surface area contributed by atoms with Crippen LogP contribution < -0.4 is 4.74 Å². The molecule has 10 aromatic rings. The molecule has 0 atom stereocenters. The first kappa shape index (κ1) is 27.3. The van der Waals surface area contributed by atoms with E-state index in [-0.39, 0.29) is 0 Å². The zero-order valence-electron chi connectivity index (χ0n) is 27.1. The Kier molecular flexibility index (Phi) is 5.70. The topological polar surface area (TPSA) is 14.2 Å². The van der Waals surface area contributed by atoms with Crippen molar-refractivity contribution in [2.75, 3.05) is 0 Å². The predicted octanol–water partition coefficient (Wildman–Crippen LogP) is 13.3. The lowest BCUT2D eigenvalue weighted by Crippen LogP contribution is -1.97. The molecule has 9 aromatic carbocycles. The molecule has 0 N–H and O–H groups in total. The van der Waals surface area contributed by atoms with Gasteiger partial charge >= 0.3 is 0 Å². The molecule has 0 unspecified atom stereocenters. The minimum Gasteiger partial charge on any atom is -0.456 e. The number of benzene rings is 9. The van der Waals surface area contributed by atoms with Crippen LogP contribution in [0.2, 0.25) is 0 Å². The Labute approximate surface area is 289 Å². The van der Waals surface area contributed by atoms with E-state index >= 15 is 0 Å². The molecule has 1 aromatic heterocycles. The van der Waals surface area contributed by atoms with Crippen LogP contribution in [0.3, 0.4) is 0 Å². The van der Waals surface area contributed by atoms with Crippen LogP contribution in [0.15, 0.2) is 176 Å². The molecule has 1 aliphatic heterocycles. The molecule has 2 heterocycles. The largest absolute Gasteiger partial charge is 0.456 e. The minimum atomic E-state index is 0.901. The van der Waals surface area contributed by atoms with Gasteiger partial charge in [0, 0.05) is 27.4 Å². The summed E-state index contributed by atoms with van der Waals surface area (Å²) in [5, 5.41) is 10.0. The van der Waals surface area contributed by atoms with Gasteiger partial charge in [0.25, 0.3) is 0 Å². The highest BCUT2D eigenvalue weighted by Crippen LogP contribution is 2.47. The number of fused-ring (bicyclic) bond motifs is 8. The smallest absolute Gasteiger partial charge is 0.135 e. The lowest BCUT2D eigenvalue weighted by Gasteiger charge is -2.22. The van der Waals surface area contributed by atoms with E-state index < -0.39 is 0 Å². The van der Waals surface area contributed by atoms with Crippen LogP contribution in [-0.4, -0.2) is 4.57 Å². The maximum absolute atomic E-state index is 6.37. The summed E-state index contributed by atoms with van der Waals surface area (Å²) < 4.78 is 8.80. The number of aromatic nitrogens is 1. The van der Waals surface area contributed by atoms with Crippen molar-refractivity contribution < 1.29 is 4.74 Å². The molecule has 0 fully saturated rings. The fourth-order valence-electron chi connectivity index (χ4n) is 8.18. The van der Waals surface area contributed by atoms with Crippen LogP contribution in [-0.2, 0) is 0 Å². The highest BCUT2D eigenvalue weighted by atomic mass is 16.5. The third-order valence-electron chi connectivity index (χ3n) is 10.5. The van der Waals surface area contributed by atoms with Crippen molar-refractivity contribution in [1.82, 2.24) is 4.57 Å². The van der Waals surface area contributed by atoms with Crippen LogP contribution in [0.1, 0.15) is 0 Å². The zero-order valence-corrected chi connectivity index (χ0v) is 27.1. The first-order valence-electron chi connectivity index (χ1n) is 17.2. The van der Waals surface area contributed by atoms with Crippen LogP contribution >= 0.6 is 0 Å². The van der Waals surface area contributed by atoms with Crippen LogP contribution in [0.5, 0.6) is 11.5 Å². The van der Waals surface area contributed by atoms with Crippen molar-refractivity contribution >= 4 is 54.1 Å². The normalized spacial score (nSPS) is 12.2. The molecular formula is C48H29NO. The van der Waals surface area contributed by atoms with Gasteiger partial charge in [-0.1, -0.05) is 121 Å². The molecule has 0 aliphatic carbocycles. The zero-order chi connectivity index (χ0) is 32.8. The fraction of sp³-hybridized carbons (Fsp3) is 0.